The maximum atomic E-state index is 11.9. The zero-order chi connectivity index (χ0) is 12.7. The van der Waals surface area contributed by atoms with Gasteiger partial charge in [0.05, 0.1) is 11.3 Å². The normalized spacial score (nSPS) is 10.4. The summed E-state index contributed by atoms with van der Waals surface area (Å²) in [6.07, 6.45) is 4.27. The van der Waals surface area contributed by atoms with Crippen LogP contribution in [-0.4, -0.2) is 24.0 Å². The SMILES string of the molecule is CCNc1ccncc1C(=O)NCCC(C)C. The molecule has 0 aliphatic carbocycles. The summed E-state index contributed by atoms with van der Waals surface area (Å²) in [4.78, 5) is 15.9. The van der Waals surface area contributed by atoms with Crippen molar-refractivity contribution in [2.45, 2.75) is 27.2 Å². The molecule has 0 aliphatic rings. The van der Waals surface area contributed by atoms with E-state index < -0.39 is 0 Å². The second kappa shape index (κ2) is 6.89. The molecule has 0 radical (unpaired) electrons. The molecule has 1 heterocycles. The molecule has 0 unspecified atom stereocenters. The van der Waals surface area contributed by atoms with Crippen LogP contribution in [0.15, 0.2) is 18.5 Å². The van der Waals surface area contributed by atoms with Gasteiger partial charge in [0.1, 0.15) is 0 Å². The minimum Gasteiger partial charge on any atom is -0.385 e. The highest BCUT2D eigenvalue weighted by Crippen LogP contribution is 2.12. The Balaban J connectivity index is 2.61. The van der Waals surface area contributed by atoms with Crippen LogP contribution in [0.25, 0.3) is 0 Å². The summed E-state index contributed by atoms with van der Waals surface area (Å²) in [6.45, 7) is 7.77. The number of hydrogen-bond donors (Lipinski definition) is 2. The summed E-state index contributed by atoms with van der Waals surface area (Å²) in [7, 11) is 0. The van der Waals surface area contributed by atoms with Crippen molar-refractivity contribution < 1.29 is 4.79 Å². The molecule has 1 aromatic rings. The number of rotatable bonds is 6. The van der Waals surface area contributed by atoms with E-state index in [1.54, 1.807) is 12.4 Å². The van der Waals surface area contributed by atoms with E-state index in [0.29, 0.717) is 18.0 Å². The van der Waals surface area contributed by atoms with Gasteiger partial charge in [-0.05, 0) is 25.3 Å². The fraction of sp³-hybridized carbons (Fsp3) is 0.538. The summed E-state index contributed by atoms with van der Waals surface area (Å²) >= 11 is 0. The lowest BCUT2D eigenvalue weighted by Gasteiger charge is -2.11. The predicted molar refractivity (Wildman–Crippen MR) is 70.2 cm³/mol. The van der Waals surface area contributed by atoms with Crippen molar-refractivity contribution in [2.75, 3.05) is 18.4 Å². The van der Waals surface area contributed by atoms with E-state index in [4.69, 9.17) is 0 Å². The van der Waals surface area contributed by atoms with Gasteiger partial charge in [-0.15, -0.1) is 0 Å². The third kappa shape index (κ3) is 4.43. The Kier molecular flexibility index (Phi) is 5.46. The molecule has 1 rings (SSSR count). The summed E-state index contributed by atoms with van der Waals surface area (Å²) in [6, 6.07) is 1.82. The lowest BCUT2D eigenvalue weighted by atomic mass is 10.1. The van der Waals surface area contributed by atoms with Crippen LogP contribution >= 0.6 is 0 Å². The van der Waals surface area contributed by atoms with Crippen molar-refractivity contribution in [2.24, 2.45) is 5.92 Å². The van der Waals surface area contributed by atoms with Crippen molar-refractivity contribution in [1.29, 1.82) is 0 Å². The molecule has 2 N–H and O–H groups in total. The van der Waals surface area contributed by atoms with Gasteiger partial charge in [-0.25, -0.2) is 0 Å². The molecule has 0 aromatic carbocycles. The highest BCUT2D eigenvalue weighted by atomic mass is 16.1. The van der Waals surface area contributed by atoms with Crippen LogP contribution in [0.1, 0.15) is 37.6 Å². The molecule has 0 atom stereocenters. The molecule has 0 aliphatic heterocycles. The van der Waals surface area contributed by atoms with Gasteiger partial charge in [0, 0.05) is 25.5 Å². The van der Waals surface area contributed by atoms with Gasteiger partial charge < -0.3 is 10.6 Å². The minimum atomic E-state index is -0.0605. The standard InChI is InChI=1S/C13H21N3O/c1-4-15-12-6-7-14-9-11(12)13(17)16-8-5-10(2)3/h6-7,9-10H,4-5,8H2,1-3H3,(H,14,15)(H,16,17). The number of carbonyl (C=O) groups excluding carboxylic acids is 1. The van der Waals surface area contributed by atoms with E-state index in [2.05, 4.69) is 29.5 Å². The van der Waals surface area contributed by atoms with Crippen LogP contribution < -0.4 is 10.6 Å². The largest absolute Gasteiger partial charge is 0.385 e. The van der Waals surface area contributed by atoms with Crippen LogP contribution in [0.5, 0.6) is 0 Å². The van der Waals surface area contributed by atoms with Crippen LogP contribution in [0.4, 0.5) is 5.69 Å². The first-order chi connectivity index (χ1) is 8.15. The molecule has 0 saturated heterocycles. The van der Waals surface area contributed by atoms with E-state index in [9.17, 15) is 4.79 Å². The van der Waals surface area contributed by atoms with E-state index in [1.165, 1.54) is 0 Å². The number of anilines is 1. The highest BCUT2D eigenvalue weighted by molar-refractivity contribution is 5.99. The summed E-state index contributed by atoms with van der Waals surface area (Å²) in [5.41, 5.74) is 1.45. The smallest absolute Gasteiger partial charge is 0.254 e. The first kappa shape index (κ1) is 13.5. The van der Waals surface area contributed by atoms with E-state index in [1.807, 2.05) is 13.0 Å². The molecule has 94 valence electrons. The number of hydrogen-bond acceptors (Lipinski definition) is 3. The second-order valence-corrected chi connectivity index (χ2v) is 4.39. The molecule has 0 bridgehead atoms. The van der Waals surface area contributed by atoms with E-state index in [0.717, 1.165) is 18.7 Å². The molecule has 0 saturated carbocycles. The molecule has 4 heteroatoms. The van der Waals surface area contributed by atoms with Crippen molar-refractivity contribution in [3.63, 3.8) is 0 Å². The monoisotopic (exact) mass is 235 g/mol. The zero-order valence-electron chi connectivity index (χ0n) is 10.8. The van der Waals surface area contributed by atoms with Crippen LogP contribution in [0, 0.1) is 5.92 Å². The van der Waals surface area contributed by atoms with Gasteiger partial charge in [-0.1, -0.05) is 13.8 Å². The minimum absolute atomic E-state index is 0.0605. The van der Waals surface area contributed by atoms with Gasteiger partial charge in [0.15, 0.2) is 0 Å². The first-order valence-electron chi connectivity index (χ1n) is 6.11. The van der Waals surface area contributed by atoms with Crippen LogP contribution in [0.3, 0.4) is 0 Å². The number of carbonyl (C=O) groups is 1. The number of nitrogens with zero attached hydrogens (tertiary/aromatic N) is 1. The van der Waals surface area contributed by atoms with E-state index >= 15 is 0 Å². The quantitative estimate of drug-likeness (QED) is 0.795. The Morgan fingerprint density at radius 1 is 1.47 bits per heavy atom. The van der Waals surface area contributed by atoms with Crippen molar-refractivity contribution in [3.8, 4) is 0 Å². The third-order valence-electron chi connectivity index (χ3n) is 2.44. The number of aromatic nitrogens is 1. The predicted octanol–water partition coefficient (Wildman–Crippen LogP) is 2.29. The number of nitrogens with one attached hydrogen (secondary N) is 2. The maximum absolute atomic E-state index is 11.9. The Morgan fingerprint density at radius 3 is 2.88 bits per heavy atom. The summed E-state index contributed by atoms with van der Waals surface area (Å²) < 4.78 is 0. The highest BCUT2D eigenvalue weighted by Gasteiger charge is 2.10. The number of pyridine rings is 1. The summed E-state index contributed by atoms with van der Waals surface area (Å²) in [5, 5.41) is 6.07. The lowest BCUT2D eigenvalue weighted by molar-refractivity contribution is 0.0952. The van der Waals surface area contributed by atoms with Gasteiger partial charge in [0.25, 0.3) is 5.91 Å². The fourth-order valence-corrected chi connectivity index (χ4v) is 1.49. The molecule has 1 aromatic heterocycles. The Hall–Kier alpha value is -1.58. The Labute approximate surface area is 103 Å². The molecule has 4 nitrogen and oxygen atoms in total. The molecular formula is C13H21N3O. The summed E-state index contributed by atoms with van der Waals surface area (Å²) in [5.74, 6) is 0.534. The van der Waals surface area contributed by atoms with Crippen molar-refractivity contribution in [3.05, 3.63) is 24.0 Å². The maximum Gasteiger partial charge on any atom is 0.254 e. The van der Waals surface area contributed by atoms with Gasteiger partial charge in [0.2, 0.25) is 0 Å². The fourth-order valence-electron chi connectivity index (χ4n) is 1.49. The molecule has 17 heavy (non-hydrogen) atoms. The van der Waals surface area contributed by atoms with Crippen LogP contribution in [-0.2, 0) is 0 Å². The number of amides is 1. The average molecular weight is 235 g/mol. The van der Waals surface area contributed by atoms with Crippen molar-refractivity contribution >= 4 is 11.6 Å². The Morgan fingerprint density at radius 2 is 2.24 bits per heavy atom. The van der Waals surface area contributed by atoms with Gasteiger partial charge >= 0.3 is 0 Å². The average Bonchev–Trinajstić information content (AvgIpc) is 2.29. The molecule has 0 fully saturated rings. The third-order valence-corrected chi connectivity index (χ3v) is 2.44. The zero-order valence-corrected chi connectivity index (χ0v) is 10.8. The molecule has 1 amide bonds. The second-order valence-electron chi connectivity index (χ2n) is 4.39. The van der Waals surface area contributed by atoms with Gasteiger partial charge in [-0.2, -0.15) is 0 Å². The lowest BCUT2D eigenvalue weighted by Crippen LogP contribution is -2.26. The first-order valence-corrected chi connectivity index (χ1v) is 6.11. The topological polar surface area (TPSA) is 54.0 Å². The Bertz CT molecular complexity index is 363. The van der Waals surface area contributed by atoms with Crippen LogP contribution in [0.2, 0.25) is 0 Å². The molecule has 0 spiro atoms. The van der Waals surface area contributed by atoms with Crippen molar-refractivity contribution in [1.82, 2.24) is 10.3 Å². The van der Waals surface area contributed by atoms with Gasteiger partial charge in [-0.3, -0.25) is 9.78 Å². The van der Waals surface area contributed by atoms with E-state index in [-0.39, 0.29) is 5.91 Å². The molecular weight excluding hydrogens is 214 g/mol.